The standard InChI is InChI=1S/C20H27N5O/c1-13(2)24-11-9-15(10-12-24)20-21-19(23-26-20)18-16-7-5-6-8-17(16)25(22-18)14(3)4/h5-8,13-15H,9-12H2,1-4H3. The molecule has 3 aromatic rings. The van der Waals surface area contributed by atoms with Crippen LogP contribution in [0.3, 0.4) is 0 Å². The largest absolute Gasteiger partial charge is 0.339 e. The van der Waals surface area contributed by atoms with Crippen LogP contribution < -0.4 is 0 Å². The summed E-state index contributed by atoms with van der Waals surface area (Å²) in [6, 6.07) is 9.11. The van der Waals surface area contributed by atoms with Gasteiger partial charge in [0.15, 0.2) is 0 Å². The fourth-order valence-electron chi connectivity index (χ4n) is 3.81. The third kappa shape index (κ3) is 3.03. The zero-order valence-corrected chi connectivity index (χ0v) is 16.0. The van der Waals surface area contributed by atoms with Gasteiger partial charge in [-0.05, 0) is 59.7 Å². The van der Waals surface area contributed by atoms with Crippen molar-refractivity contribution in [1.82, 2.24) is 24.8 Å². The number of likely N-dealkylation sites (tertiary alicyclic amines) is 1. The molecule has 1 aliphatic rings. The number of hydrogen-bond donors (Lipinski definition) is 0. The van der Waals surface area contributed by atoms with Gasteiger partial charge in [0.25, 0.3) is 0 Å². The summed E-state index contributed by atoms with van der Waals surface area (Å²) in [5, 5.41) is 10.1. The molecule has 1 saturated heterocycles. The number of para-hydroxylation sites is 1. The van der Waals surface area contributed by atoms with Crippen molar-refractivity contribution in [3.05, 3.63) is 30.2 Å². The van der Waals surface area contributed by atoms with E-state index < -0.39 is 0 Å². The molecule has 0 spiro atoms. The fraction of sp³-hybridized carbons (Fsp3) is 0.550. The highest BCUT2D eigenvalue weighted by Gasteiger charge is 2.27. The first-order chi connectivity index (χ1) is 12.5. The molecule has 2 aromatic heterocycles. The Morgan fingerprint density at radius 3 is 2.46 bits per heavy atom. The zero-order valence-electron chi connectivity index (χ0n) is 16.0. The van der Waals surface area contributed by atoms with Crippen LogP contribution in [0, 0.1) is 0 Å². The topological polar surface area (TPSA) is 60.0 Å². The number of benzene rings is 1. The summed E-state index contributed by atoms with van der Waals surface area (Å²) >= 11 is 0. The maximum atomic E-state index is 5.64. The van der Waals surface area contributed by atoms with Gasteiger partial charge in [0, 0.05) is 23.4 Å². The monoisotopic (exact) mass is 353 g/mol. The molecule has 0 atom stereocenters. The van der Waals surface area contributed by atoms with E-state index in [0.29, 0.717) is 17.8 Å². The SMILES string of the molecule is CC(C)N1CCC(c2nc(-c3nn(C(C)C)c4ccccc34)no2)CC1. The number of rotatable bonds is 4. The molecule has 0 saturated carbocycles. The Labute approximate surface area is 154 Å². The fourth-order valence-corrected chi connectivity index (χ4v) is 3.81. The van der Waals surface area contributed by atoms with Crippen molar-refractivity contribution < 1.29 is 4.52 Å². The lowest BCUT2D eigenvalue weighted by Gasteiger charge is -2.33. The Hall–Kier alpha value is -2.21. The second kappa shape index (κ2) is 6.83. The zero-order chi connectivity index (χ0) is 18.3. The first-order valence-corrected chi connectivity index (χ1v) is 9.60. The van der Waals surface area contributed by atoms with Gasteiger partial charge in [-0.1, -0.05) is 23.4 Å². The van der Waals surface area contributed by atoms with Gasteiger partial charge in [-0.15, -0.1) is 0 Å². The molecular weight excluding hydrogens is 326 g/mol. The van der Waals surface area contributed by atoms with Crippen LogP contribution in [0.25, 0.3) is 22.4 Å². The lowest BCUT2D eigenvalue weighted by Crippen LogP contribution is -2.37. The lowest BCUT2D eigenvalue weighted by molar-refractivity contribution is 0.160. The maximum absolute atomic E-state index is 5.64. The van der Waals surface area contributed by atoms with E-state index >= 15 is 0 Å². The third-order valence-electron chi connectivity index (χ3n) is 5.37. The molecule has 0 amide bonds. The number of hydrogen-bond acceptors (Lipinski definition) is 5. The Balaban J connectivity index is 1.62. The minimum absolute atomic E-state index is 0.278. The maximum Gasteiger partial charge on any atom is 0.230 e. The number of fused-ring (bicyclic) bond motifs is 1. The van der Waals surface area contributed by atoms with Gasteiger partial charge in [-0.2, -0.15) is 10.1 Å². The van der Waals surface area contributed by atoms with Gasteiger partial charge in [-0.3, -0.25) is 4.68 Å². The minimum atomic E-state index is 0.278. The lowest BCUT2D eigenvalue weighted by atomic mass is 9.96. The molecule has 1 aromatic carbocycles. The molecule has 0 radical (unpaired) electrons. The average molecular weight is 353 g/mol. The molecule has 0 N–H and O–H groups in total. The summed E-state index contributed by atoms with van der Waals surface area (Å²) in [5.74, 6) is 1.71. The first kappa shape index (κ1) is 17.2. The van der Waals surface area contributed by atoms with Crippen molar-refractivity contribution in [1.29, 1.82) is 0 Å². The molecule has 3 heterocycles. The van der Waals surface area contributed by atoms with Crippen molar-refractivity contribution in [2.75, 3.05) is 13.1 Å². The molecule has 138 valence electrons. The Bertz CT molecular complexity index is 887. The first-order valence-electron chi connectivity index (χ1n) is 9.60. The van der Waals surface area contributed by atoms with Crippen LogP contribution in [-0.2, 0) is 0 Å². The number of aromatic nitrogens is 4. The smallest absolute Gasteiger partial charge is 0.230 e. The van der Waals surface area contributed by atoms with Crippen molar-refractivity contribution >= 4 is 10.9 Å². The van der Waals surface area contributed by atoms with Crippen LogP contribution in [0.2, 0.25) is 0 Å². The molecule has 6 heteroatoms. The van der Waals surface area contributed by atoms with Crippen molar-refractivity contribution in [2.45, 2.75) is 58.5 Å². The average Bonchev–Trinajstić information content (AvgIpc) is 3.26. The van der Waals surface area contributed by atoms with Gasteiger partial charge in [0.2, 0.25) is 11.7 Å². The molecule has 6 nitrogen and oxygen atoms in total. The number of piperidine rings is 1. The van der Waals surface area contributed by atoms with E-state index in [1.165, 1.54) is 0 Å². The van der Waals surface area contributed by atoms with Crippen molar-refractivity contribution in [3.8, 4) is 11.5 Å². The highest BCUT2D eigenvalue weighted by atomic mass is 16.5. The summed E-state index contributed by atoms with van der Waals surface area (Å²) in [6.45, 7) is 10.9. The van der Waals surface area contributed by atoms with Crippen molar-refractivity contribution in [3.63, 3.8) is 0 Å². The van der Waals surface area contributed by atoms with Gasteiger partial charge >= 0.3 is 0 Å². The third-order valence-corrected chi connectivity index (χ3v) is 5.37. The van der Waals surface area contributed by atoms with Crippen LogP contribution in [0.15, 0.2) is 28.8 Å². The van der Waals surface area contributed by atoms with Crippen LogP contribution in [0.1, 0.15) is 58.4 Å². The molecular formula is C20H27N5O. The van der Waals surface area contributed by atoms with Crippen LogP contribution in [0.5, 0.6) is 0 Å². The van der Waals surface area contributed by atoms with Gasteiger partial charge in [-0.25, -0.2) is 0 Å². The highest BCUT2D eigenvalue weighted by molar-refractivity contribution is 5.91. The summed E-state index contributed by atoms with van der Waals surface area (Å²) in [5.41, 5.74) is 1.91. The second-order valence-electron chi connectivity index (χ2n) is 7.76. The van der Waals surface area contributed by atoms with Crippen molar-refractivity contribution in [2.24, 2.45) is 0 Å². The van der Waals surface area contributed by atoms with E-state index in [1.54, 1.807) is 0 Å². The van der Waals surface area contributed by atoms with E-state index in [4.69, 9.17) is 14.6 Å². The molecule has 4 rings (SSSR count). The summed E-state index contributed by atoms with van der Waals surface area (Å²) in [7, 11) is 0. The predicted octanol–water partition coefficient (Wildman–Crippen LogP) is 4.26. The second-order valence-corrected chi connectivity index (χ2v) is 7.76. The van der Waals surface area contributed by atoms with E-state index in [2.05, 4.69) is 49.9 Å². The van der Waals surface area contributed by atoms with Gasteiger partial charge < -0.3 is 9.42 Å². The molecule has 0 aliphatic carbocycles. The van der Waals surface area contributed by atoms with Gasteiger partial charge in [0.1, 0.15) is 5.69 Å². The van der Waals surface area contributed by atoms with E-state index in [-0.39, 0.29) is 6.04 Å². The summed E-state index contributed by atoms with van der Waals surface area (Å²) in [4.78, 5) is 7.23. The Morgan fingerprint density at radius 2 is 1.77 bits per heavy atom. The summed E-state index contributed by atoms with van der Waals surface area (Å²) < 4.78 is 7.67. The Kier molecular flexibility index (Phi) is 4.53. The van der Waals surface area contributed by atoms with Gasteiger partial charge in [0.05, 0.1) is 5.52 Å². The van der Waals surface area contributed by atoms with E-state index in [9.17, 15) is 0 Å². The minimum Gasteiger partial charge on any atom is -0.339 e. The van der Waals surface area contributed by atoms with Crippen LogP contribution in [0.4, 0.5) is 0 Å². The summed E-state index contributed by atoms with van der Waals surface area (Å²) in [6.07, 6.45) is 2.14. The van der Waals surface area contributed by atoms with E-state index in [1.807, 2.05) is 16.8 Å². The number of nitrogens with zero attached hydrogens (tertiary/aromatic N) is 5. The van der Waals surface area contributed by atoms with Crippen LogP contribution in [-0.4, -0.2) is 44.0 Å². The normalized spacial score (nSPS) is 17.0. The molecule has 0 unspecified atom stereocenters. The quantitative estimate of drug-likeness (QED) is 0.701. The molecule has 0 bridgehead atoms. The Morgan fingerprint density at radius 1 is 1.04 bits per heavy atom. The highest BCUT2D eigenvalue weighted by Crippen LogP contribution is 2.31. The molecule has 26 heavy (non-hydrogen) atoms. The molecule has 1 fully saturated rings. The van der Waals surface area contributed by atoms with E-state index in [0.717, 1.165) is 48.4 Å². The van der Waals surface area contributed by atoms with Crippen LogP contribution >= 0.6 is 0 Å². The predicted molar refractivity (Wildman–Crippen MR) is 102 cm³/mol. The molecule has 1 aliphatic heterocycles.